The molecule has 1 aliphatic heterocycles. The van der Waals surface area contributed by atoms with Crippen molar-refractivity contribution in [1.29, 1.82) is 0 Å². The van der Waals surface area contributed by atoms with Gasteiger partial charge < -0.3 is 9.64 Å². The van der Waals surface area contributed by atoms with Gasteiger partial charge in [0.2, 0.25) is 16.8 Å². The summed E-state index contributed by atoms with van der Waals surface area (Å²) in [6.07, 6.45) is 3.08. The van der Waals surface area contributed by atoms with E-state index in [0.29, 0.717) is 48.7 Å². The lowest BCUT2D eigenvalue weighted by molar-refractivity contribution is 0.395. The van der Waals surface area contributed by atoms with Crippen LogP contribution in [-0.2, 0) is 10.9 Å². The predicted molar refractivity (Wildman–Crippen MR) is 123 cm³/mol. The molecule has 4 aromatic rings. The molecule has 9 nitrogen and oxygen atoms in total. The van der Waals surface area contributed by atoms with Gasteiger partial charge in [-0.3, -0.25) is 5.10 Å². The number of thiol groups is 1. The molecule has 0 aliphatic carbocycles. The second kappa shape index (κ2) is 8.75. The molecule has 1 aromatic carbocycles. The molecule has 33 heavy (non-hydrogen) atoms. The smallest absolute Gasteiger partial charge is 0.224 e. The summed E-state index contributed by atoms with van der Waals surface area (Å²) in [6.45, 7) is 1.98. The maximum atomic E-state index is 14.5. The van der Waals surface area contributed by atoms with E-state index in [1.54, 1.807) is 18.3 Å². The van der Waals surface area contributed by atoms with Gasteiger partial charge in [-0.15, -0.1) is 0 Å². The lowest BCUT2D eigenvalue weighted by atomic mass is 10.0. The fourth-order valence-electron chi connectivity index (χ4n) is 4.07. The predicted octanol–water partition coefficient (Wildman–Crippen LogP) is 2.48. The molecule has 5 rings (SSSR count). The lowest BCUT2D eigenvalue weighted by Crippen LogP contribution is -2.45. The maximum Gasteiger partial charge on any atom is 0.224 e. The Morgan fingerprint density at radius 2 is 1.79 bits per heavy atom. The highest BCUT2D eigenvalue weighted by Gasteiger charge is 2.21. The molecule has 3 aromatic heterocycles. The number of methoxy groups -OCH3 is 1. The van der Waals surface area contributed by atoms with Crippen molar-refractivity contribution < 1.29 is 17.5 Å². The zero-order chi connectivity index (χ0) is 22.9. The molecule has 4 heterocycles. The first-order chi connectivity index (χ1) is 16.0. The van der Waals surface area contributed by atoms with E-state index >= 15 is 0 Å². The molecule has 0 spiro atoms. The van der Waals surface area contributed by atoms with E-state index in [-0.39, 0.29) is 0 Å². The van der Waals surface area contributed by atoms with Gasteiger partial charge >= 0.3 is 0 Å². The molecule has 0 bridgehead atoms. The first-order valence-electron chi connectivity index (χ1n) is 10.3. The van der Waals surface area contributed by atoms with Crippen LogP contribution in [0.5, 0.6) is 5.75 Å². The normalized spacial score (nSPS) is 14.8. The average Bonchev–Trinajstić information content (AvgIpc) is 3.27. The number of benzene rings is 1. The van der Waals surface area contributed by atoms with Crippen molar-refractivity contribution in [1.82, 2.24) is 24.5 Å². The summed E-state index contributed by atoms with van der Waals surface area (Å²) in [6, 6.07) is 10.9. The third-order valence-electron chi connectivity index (χ3n) is 5.77. The second-order valence-electron chi connectivity index (χ2n) is 7.59. The van der Waals surface area contributed by atoms with Crippen LogP contribution in [0.2, 0.25) is 0 Å². The number of halogens is 1. The van der Waals surface area contributed by atoms with E-state index in [0.717, 1.165) is 22.3 Å². The van der Waals surface area contributed by atoms with E-state index in [1.165, 1.54) is 17.6 Å². The van der Waals surface area contributed by atoms with Crippen molar-refractivity contribution in [2.45, 2.75) is 0 Å². The van der Waals surface area contributed by atoms with E-state index in [9.17, 15) is 12.8 Å². The fourth-order valence-corrected chi connectivity index (χ4v) is 4.57. The number of rotatable bonds is 5. The van der Waals surface area contributed by atoms with Crippen molar-refractivity contribution in [3.05, 3.63) is 54.7 Å². The van der Waals surface area contributed by atoms with Crippen molar-refractivity contribution in [2.24, 2.45) is 0 Å². The SMILES string of the molecule is COc1ccnc(F)c1-c1ccc2[nH]nc(-c3ccnc(N4CCN([SH](=O)=O)CC4)c3)c2c1. The minimum absolute atomic E-state index is 0.291. The van der Waals surface area contributed by atoms with E-state index in [2.05, 4.69) is 25.1 Å². The van der Waals surface area contributed by atoms with Crippen molar-refractivity contribution in [3.8, 4) is 28.1 Å². The van der Waals surface area contributed by atoms with Crippen LogP contribution in [0, 0.1) is 5.95 Å². The summed E-state index contributed by atoms with van der Waals surface area (Å²) in [5, 5.41) is 8.34. The number of nitrogens with one attached hydrogen (secondary N) is 1. The van der Waals surface area contributed by atoms with E-state index < -0.39 is 16.8 Å². The second-order valence-corrected chi connectivity index (χ2v) is 8.63. The van der Waals surface area contributed by atoms with Crippen LogP contribution in [0.1, 0.15) is 0 Å². The topological polar surface area (TPSA) is 104 Å². The number of aromatic nitrogens is 4. The molecule has 11 heteroatoms. The number of fused-ring (bicyclic) bond motifs is 1. The van der Waals surface area contributed by atoms with Gasteiger partial charge in [0.05, 0.1) is 18.2 Å². The highest BCUT2D eigenvalue weighted by molar-refractivity contribution is 7.69. The largest absolute Gasteiger partial charge is 0.496 e. The molecule has 0 atom stereocenters. The highest BCUT2D eigenvalue weighted by atomic mass is 32.2. The standard InChI is InChI=1S/C22H21FN6O3S/c1-32-18-5-7-25-22(23)20(18)14-2-3-17-16(12-14)21(27-26-17)15-4-6-24-19(13-15)28-8-10-29(11-9-28)33(30)31/h2-7,12-13,33H,8-11H2,1H3,(H,26,27). The maximum absolute atomic E-state index is 14.5. The number of anilines is 1. The first kappa shape index (κ1) is 21.3. The van der Waals surface area contributed by atoms with Crippen molar-refractivity contribution >= 4 is 27.6 Å². The summed E-state index contributed by atoms with van der Waals surface area (Å²) in [5.74, 6) is 0.543. The molecule has 0 amide bonds. The summed E-state index contributed by atoms with van der Waals surface area (Å²) in [4.78, 5) is 10.3. The van der Waals surface area contributed by atoms with Gasteiger partial charge in [0, 0.05) is 49.5 Å². The molecule has 1 fully saturated rings. The molecule has 1 aliphatic rings. The summed E-state index contributed by atoms with van der Waals surface area (Å²) >= 11 is 0. The van der Waals surface area contributed by atoms with Crippen LogP contribution >= 0.6 is 0 Å². The van der Waals surface area contributed by atoms with Crippen LogP contribution in [0.4, 0.5) is 10.2 Å². The minimum Gasteiger partial charge on any atom is -0.496 e. The number of hydrogen-bond donors (Lipinski definition) is 2. The van der Waals surface area contributed by atoms with Crippen molar-refractivity contribution in [2.75, 3.05) is 38.2 Å². The Balaban J connectivity index is 1.52. The molecular formula is C22H21FN6O3S. The number of nitrogens with zero attached hydrogens (tertiary/aromatic N) is 5. The Labute approximate surface area is 190 Å². The number of pyridine rings is 2. The van der Waals surface area contributed by atoms with Crippen LogP contribution in [0.3, 0.4) is 0 Å². The Kier molecular flexibility index (Phi) is 5.65. The van der Waals surface area contributed by atoms with Crippen molar-refractivity contribution in [3.63, 3.8) is 0 Å². The summed E-state index contributed by atoms with van der Waals surface area (Å²) in [7, 11) is -1.07. The Hall–Kier alpha value is -3.57. The molecular weight excluding hydrogens is 447 g/mol. The van der Waals surface area contributed by atoms with Gasteiger partial charge in [-0.05, 0) is 35.9 Å². The highest BCUT2D eigenvalue weighted by Crippen LogP contribution is 2.36. The molecule has 0 saturated carbocycles. The summed E-state index contributed by atoms with van der Waals surface area (Å²) in [5.41, 5.74) is 3.28. The first-order valence-corrected chi connectivity index (χ1v) is 11.5. The van der Waals surface area contributed by atoms with Crippen LogP contribution in [-0.4, -0.2) is 66.2 Å². The fraction of sp³-hybridized carbons (Fsp3) is 0.227. The van der Waals surface area contributed by atoms with Crippen LogP contribution in [0.25, 0.3) is 33.3 Å². The Bertz CT molecular complexity index is 1390. The molecule has 1 N–H and O–H groups in total. The minimum atomic E-state index is -2.56. The van der Waals surface area contributed by atoms with Crippen LogP contribution < -0.4 is 9.64 Å². The quantitative estimate of drug-likeness (QED) is 0.343. The van der Waals surface area contributed by atoms with Gasteiger partial charge in [-0.25, -0.2) is 22.7 Å². The lowest BCUT2D eigenvalue weighted by Gasteiger charge is -2.32. The molecule has 1 saturated heterocycles. The third kappa shape index (κ3) is 4.00. The number of hydrogen-bond acceptors (Lipinski definition) is 7. The van der Waals surface area contributed by atoms with Gasteiger partial charge in [0.15, 0.2) is 0 Å². The number of ether oxygens (including phenoxy) is 1. The zero-order valence-electron chi connectivity index (χ0n) is 17.7. The van der Waals surface area contributed by atoms with Gasteiger partial charge in [0.1, 0.15) is 17.3 Å². The monoisotopic (exact) mass is 468 g/mol. The van der Waals surface area contributed by atoms with E-state index in [4.69, 9.17) is 4.74 Å². The average molecular weight is 469 g/mol. The number of aromatic amines is 1. The number of H-pyrrole nitrogens is 1. The Morgan fingerprint density at radius 1 is 1.00 bits per heavy atom. The number of piperazine rings is 1. The van der Waals surface area contributed by atoms with Gasteiger partial charge in [0.25, 0.3) is 0 Å². The Morgan fingerprint density at radius 3 is 2.55 bits per heavy atom. The third-order valence-corrected chi connectivity index (χ3v) is 6.63. The van der Waals surface area contributed by atoms with Crippen LogP contribution in [0.15, 0.2) is 48.8 Å². The molecule has 170 valence electrons. The van der Waals surface area contributed by atoms with Gasteiger partial charge in [-0.1, -0.05) is 6.07 Å². The summed E-state index contributed by atoms with van der Waals surface area (Å²) < 4.78 is 43.7. The molecule has 0 unspecified atom stereocenters. The zero-order valence-corrected chi connectivity index (χ0v) is 18.6. The van der Waals surface area contributed by atoms with E-state index in [1.807, 2.05) is 24.3 Å². The molecule has 0 radical (unpaired) electrons. The van der Waals surface area contributed by atoms with Gasteiger partial charge in [-0.2, -0.15) is 9.49 Å².